The molecule has 7 nitrogen and oxygen atoms in total. The third kappa shape index (κ3) is 4.16. The molecule has 3 rings (SSSR count). The van der Waals surface area contributed by atoms with Crippen molar-refractivity contribution in [3.8, 4) is 0 Å². The topological polar surface area (TPSA) is 79.3 Å². The van der Waals surface area contributed by atoms with Crippen LogP contribution in [-0.2, 0) is 6.54 Å². The van der Waals surface area contributed by atoms with E-state index < -0.39 is 0 Å². The van der Waals surface area contributed by atoms with Crippen molar-refractivity contribution in [2.75, 3.05) is 18.4 Å². The highest BCUT2D eigenvalue weighted by Crippen LogP contribution is 2.23. The molecular weight excluding hydrogens is 354 g/mol. The summed E-state index contributed by atoms with van der Waals surface area (Å²) in [7, 11) is 0. The van der Waals surface area contributed by atoms with Crippen LogP contribution in [0.4, 0.5) is 10.5 Å². The second kappa shape index (κ2) is 8.23. The van der Waals surface area contributed by atoms with Crippen molar-refractivity contribution in [2.24, 2.45) is 0 Å². The van der Waals surface area contributed by atoms with E-state index in [-0.39, 0.29) is 18.0 Å². The zero-order chi connectivity index (χ0) is 18.5. The molecule has 2 N–H and O–H groups in total. The maximum absolute atomic E-state index is 12.7. The number of halogens is 1. The third-order valence-corrected chi connectivity index (χ3v) is 4.72. The summed E-state index contributed by atoms with van der Waals surface area (Å²) in [5.41, 5.74) is 0.895. The van der Waals surface area contributed by atoms with Gasteiger partial charge in [0.1, 0.15) is 0 Å². The van der Waals surface area contributed by atoms with Gasteiger partial charge in [-0.05, 0) is 44.0 Å². The maximum Gasteiger partial charge on any atom is 0.322 e. The predicted molar refractivity (Wildman–Crippen MR) is 100 cm³/mol. The molecule has 1 aliphatic rings. The molecule has 1 aromatic carbocycles. The first-order valence-electron chi connectivity index (χ1n) is 8.71. The highest BCUT2D eigenvalue weighted by molar-refractivity contribution is 6.34. The number of urea groups is 1. The van der Waals surface area contributed by atoms with Crippen LogP contribution in [0.2, 0.25) is 5.02 Å². The molecular formula is C18H22ClN5O2. The molecule has 1 saturated heterocycles. The molecule has 1 aromatic heterocycles. The van der Waals surface area contributed by atoms with Crippen LogP contribution in [0.5, 0.6) is 0 Å². The van der Waals surface area contributed by atoms with Gasteiger partial charge in [-0.15, -0.1) is 0 Å². The zero-order valence-electron chi connectivity index (χ0n) is 14.6. The Balaban J connectivity index is 1.69. The van der Waals surface area contributed by atoms with Crippen LogP contribution in [0, 0.1) is 0 Å². The number of hydrogen-bond donors (Lipinski definition) is 2. The van der Waals surface area contributed by atoms with Crippen LogP contribution in [-0.4, -0.2) is 45.8 Å². The lowest BCUT2D eigenvalue weighted by Crippen LogP contribution is -2.40. The second-order valence-electron chi connectivity index (χ2n) is 6.20. The Morgan fingerprint density at radius 2 is 2.23 bits per heavy atom. The molecule has 3 amide bonds. The maximum atomic E-state index is 12.7. The van der Waals surface area contributed by atoms with Gasteiger partial charge in [0.05, 0.1) is 23.2 Å². The average Bonchev–Trinajstić information content (AvgIpc) is 3.29. The number of carbonyl (C=O) groups is 2. The minimum atomic E-state index is -0.258. The number of carbonyl (C=O) groups excluding carboxylic acids is 2. The van der Waals surface area contributed by atoms with E-state index in [1.165, 1.54) is 0 Å². The van der Waals surface area contributed by atoms with E-state index in [2.05, 4.69) is 15.7 Å². The van der Waals surface area contributed by atoms with Crippen LogP contribution < -0.4 is 10.6 Å². The van der Waals surface area contributed by atoms with Crippen LogP contribution in [0.3, 0.4) is 0 Å². The fourth-order valence-corrected chi connectivity index (χ4v) is 3.35. The molecule has 1 aliphatic heterocycles. The molecule has 0 radical (unpaired) electrons. The van der Waals surface area contributed by atoms with E-state index in [1.54, 1.807) is 24.4 Å². The van der Waals surface area contributed by atoms with Crippen LogP contribution >= 0.6 is 11.6 Å². The van der Waals surface area contributed by atoms with Crippen LogP contribution in [0.1, 0.15) is 30.1 Å². The molecule has 26 heavy (non-hydrogen) atoms. The summed E-state index contributed by atoms with van der Waals surface area (Å²) in [6.07, 6.45) is 5.53. The van der Waals surface area contributed by atoms with Gasteiger partial charge in [-0.3, -0.25) is 9.48 Å². The smallest absolute Gasteiger partial charge is 0.322 e. The van der Waals surface area contributed by atoms with Gasteiger partial charge >= 0.3 is 6.03 Å². The molecule has 0 unspecified atom stereocenters. The average molecular weight is 376 g/mol. The first-order chi connectivity index (χ1) is 12.6. The minimum absolute atomic E-state index is 0.102. The van der Waals surface area contributed by atoms with Crippen molar-refractivity contribution in [1.82, 2.24) is 20.0 Å². The van der Waals surface area contributed by atoms with E-state index in [0.29, 0.717) is 35.9 Å². The summed E-state index contributed by atoms with van der Waals surface area (Å²) < 4.78 is 1.84. The van der Waals surface area contributed by atoms with E-state index in [9.17, 15) is 9.59 Å². The lowest BCUT2D eigenvalue weighted by atomic mass is 10.2. The van der Waals surface area contributed by atoms with Crippen molar-refractivity contribution in [2.45, 2.75) is 32.4 Å². The lowest BCUT2D eigenvalue weighted by molar-refractivity contribution is 0.0956. The zero-order valence-corrected chi connectivity index (χ0v) is 15.4. The number of benzene rings is 1. The molecule has 138 valence electrons. The molecule has 1 atom stereocenters. The van der Waals surface area contributed by atoms with Gasteiger partial charge in [0, 0.05) is 31.2 Å². The SMILES string of the molecule is CCNC(=O)c1cc(NC(=O)N2CCC[C@@H]2Cn2cccn2)ccc1Cl. The van der Waals surface area contributed by atoms with Crippen molar-refractivity contribution >= 4 is 29.2 Å². The van der Waals surface area contributed by atoms with Gasteiger partial charge in [0.25, 0.3) is 5.91 Å². The Labute approximate surface area is 157 Å². The van der Waals surface area contributed by atoms with Gasteiger partial charge in [-0.2, -0.15) is 5.10 Å². The summed E-state index contributed by atoms with van der Waals surface area (Å²) >= 11 is 6.10. The van der Waals surface area contributed by atoms with Crippen LogP contribution in [0.15, 0.2) is 36.7 Å². The predicted octanol–water partition coefficient (Wildman–Crippen LogP) is 2.98. The monoisotopic (exact) mass is 375 g/mol. The van der Waals surface area contributed by atoms with E-state index in [4.69, 9.17) is 11.6 Å². The number of hydrogen-bond acceptors (Lipinski definition) is 3. The first-order valence-corrected chi connectivity index (χ1v) is 9.09. The molecule has 0 bridgehead atoms. The van der Waals surface area contributed by atoms with Gasteiger partial charge in [0.15, 0.2) is 0 Å². The van der Waals surface area contributed by atoms with E-state index >= 15 is 0 Å². The number of aromatic nitrogens is 2. The summed E-state index contributed by atoms with van der Waals surface area (Å²) in [6, 6.07) is 6.71. The molecule has 1 fully saturated rings. The van der Waals surface area contributed by atoms with Crippen molar-refractivity contribution in [3.05, 3.63) is 47.2 Å². The summed E-state index contributed by atoms with van der Waals surface area (Å²) in [5, 5.41) is 10.2. The Kier molecular flexibility index (Phi) is 5.78. The molecule has 8 heteroatoms. The Morgan fingerprint density at radius 3 is 2.96 bits per heavy atom. The fraction of sp³-hybridized carbons (Fsp3) is 0.389. The summed E-state index contributed by atoms with van der Waals surface area (Å²) in [4.78, 5) is 26.6. The Bertz CT molecular complexity index is 778. The molecule has 0 saturated carbocycles. The highest BCUT2D eigenvalue weighted by atomic mass is 35.5. The number of amides is 3. The second-order valence-corrected chi connectivity index (χ2v) is 6.61. The molecule has 0 spiro atoms. The van der Waals surface area contributed by atoms with Gasteiger partial charge in [0.2, 0.25) is 0 Å². The van der Waals surface area contributed by atoms with E-state index in [0.717, 1.165) is 12.8 Å². The standard InChI is InChI=1S/C18H22ClN5O2/c1-2-20-17(25)15-11-13(6-7-16(15)19)22-18(26)24-10-3-5-14(24)12-23-9-4-8-21-23/h4,6-9,11,14H,2-3,5,10,12H2,1H3,(H,20,25)(H,22,26)/t14-/m1/s1. The molecule has 0 aliphatic carbocycles. The van der Waals surface area contributed by atoms with E-state index in [1.807, 2.05) is 28.8 Å². The summed E-state index contributed by atoms with van der Waals surface area (Å²) in [6.45, 7) is 3.72. The highest BCUT2D eigenvalue weighted by Gasteiger charge is 2.29. The number of rotatable bonds is 5. The normalized spacial score (nSPS) is 16.5. The quantitative estimate of drug-likeness (QED) is 0.843. The van der Waals surface area contributed by atoms with Crippen molar-refractivity contribution in [3.63, 3.8) is 0 Å². The first kappa shape index (κ1) is 18.3. The molecule has 2 aromatic rings. The molecule has 2 heterocycles. The Morgan fingerprint density at radius 1 is 1.38 bits per heavy atom. The number of nitrogens with one attached hydrogen (secondary N) is 2. The largest absolute Gasteiger partial charge is 0.352 e. The fourth-order valence-electron chi connectivity index (χ4n) is 3.15. The summed E-state index contributed by atoms with van der Waals surface area (Å²) in [5.74, 6) is -0.258. The van der Waals surface area contributed by atoms with Crippen LogP contribution in [0.25, 0.3) is 0 Å². The van der Waals surface area contributed by atoms with Gasteiger partial charge < -0.3 is 15.5 Å². The van der Waals surface area contributed by atoms with Gasteiger partial charge in [-0.25, -0.2) is 4.79 Å². The number of anilines is 1. The number of nitrogens with zero attached hydrogens (tertiary/aromatic N) is 3. The Hall–Kier alpha value is -2.54. The minimum Gasteiger partial charge on any atom is -0.352 e. The van der Waals surface area contributed by atoms with Gasteiger partial charge in [-0.1, -0.05) is 11.6 Å². The lowest BCUT2D eigenvalue weighted by Gasteiger charge is -2.25. The van der Waals surface area contributed by atoms with Crippen molar-refractivity contribution < 1.29 is 9.59 Å². The number of likely N-dealkylation sites (tertiary alicyclic amines) is 1. The third-order valence-electron chi connectivity index (χ3n) is 4.39. The van der Waals surface area contributed by atoms with Crippen molar-refractivity contribution in [1.29, 1.82) is 0 Å².